The van der Waals surface area contributed by atoms with E-state index in [-0.39, 0.29) is 16.7 Å². The molecule has 0 spiro atoms. The van der Waals surface area contributed by atoms with Gasteiger partial charge in [-0.15, -0.1) is 11.3 Å². The van der Waals surface area contributed by atoms with Crippen LogP contribution in [0.1, 0.15) is 24.8 Å². The second-order valence-corrected chi connectivity index (χ2v) is 10.3. The normalized spacial score (nSPS) is 15.0. The van der Waals surface area contributed by atoms with Crippen molar-refractivity contribution >= 4 is 33.0 Å². The van der Waals surface area contributed by atoms with Gasteiger partial charge in [-0.3, -0.25) is 4.79 Å². The van der Waals surface area contributed by atoms with Crippen LogP contribution in [0.5, 0.6) is 0 Å². The third-order valence-electron chi connectivity index (χ3n) is 5.04. The highest BCUT2D eigenvalue weighted by Gasteiger charge is 2.25. The smallest absolute Gasteiger partial charge is 0.252 e. The zero-order valence-corrected chi connectivity index (χ0v) is 18.0. The molecule has 8 heteroatoms. The summed E-state index contributed by atoms with van der Waals surface area (Å²) in [6, 6.07) is 11.4. The van der Waals surface area contributed by atoms with Gasteiger partial charge in [0, 0.05) is 39.4 Å². The summed E-state index contributed by atoms with van der Waals surface area (Å²) in [6.07, 6.45) is 3.64. The van der Waals surface area contributed by atoms with E-state index in [1.54, 1.807) is 29.5 Å². The first kappa shape index (κ1) is 20.8. The maximum atomic E-state index is 12.7. The average Bonchev–Trinajstić information content (AvgIpc) is 3.24. The number of nitrogens with zero attached hydrogens (tertiary/aromatic N) is 3. The van der Waals surface area contributed by atoms with Crippen LogP contribution in [0.3, 0.4) is 0 Å². The van der Waals surface area contributed by atoms with E-state index >= 15 is 0 Å². The molecule has 0 radical (unpaired) electrons. The maximum Gasteiger partial charge on any atom is 0.252 e. The van der Waals surface area contributed by atoms with Crippen LogP contribution in [0.2, 0.25) is 0 Å². The number of thiophene rings is 1. The van der Waals surface area contributed by atoms with Crippen molar-refractivity contribution in [2.24, 2.45) is 0 Å². The van der Waals surface area contributed by atoms with Crippen LogP contribution in [0, 0.1) is 0 Å². The highest BCUT2D eigenvalue weighted by Crippen LogP contribution is 2.25. The molecule has 0 atom stereocenters. The molecule has 1 aliphatic heterocycles. The molecule has 152 valence electrons. The second-order valence-electron chi connectivity index (χ2n) is 7.12. The predicted molar refractivity (Wildman–Crippen MR) is 113 cm³/mol. The van der Waals surface area contributed by atoms with E-state index in [1.165, 1.54) is 32.0 Å². The van der Waals surface area contributed by atoms with Gasteiger partial charge in [-0.2, -0.15) is 4.31 Å². The molecule has 0 N–H and O–H groups in total. The molecule has 1 saturated heterocycles. The standard InChI is InChI=1S/C20H27N3O3S2/c1-21(19(24)16-22(2)28(25,26)20-11-8-14-27-20)15-17-9-4-5-10-18(17)23-12-6-3-7-13-23/h4-5,8-11,14H,3,6-7,12-13,15-16H2,1-2H3. The van der Waals surface area contributed by atoms with Crippen molar-refractivity contribution in [3.8, 4) is 0 Å². The monoisotopic (exact) mass is 421 g/mol. The first-order chi connectivity index (χ1) is 13.4. The summed E-state index contributed by atoms with van der Waals surface area (Å²) in [6.45, 7) is 2.36. The summed E-state index contributed by atoms with van der Waals surface area (Å²) in [5.41, 5.74) is 2.26. The Morgan fingerprint density at radius 2 is 1.79 bits per heavy atom. The number of hydrogen-bond donors (Lipinski definition) is 0. The van der Waals surface area contributed by atoms with E-state index in [9.17, 15) is 13.2 Å². The molecular formula is C20H27N3O3S2. The number of piperidine rings is 1. The van der Waals surface area contributed by atoms with Gasteiger partial charge in [-0.1, -0.05) is 24.3 Å². The summed E-state index contributed by atoms with van der Waals surface area (Å²) in [4.78, 5) is 16.7. The fourth-order valence-electron chi connectivity index (χ4n) is 3.39. The van der Waals surface area contributed by atoms with Gasteiger partial charge in [0.1, 0.15) is 4.21 Å². The number of amides is 1. The molecule has 1 aromatic carbocycles. The number of benzene rings is 1. The van der Waals surface area contributed by atoms with Crippen molar-refractivity contribution < 1.29 is 13.2 Å². The zero-order valence-electron chi connectivity index (χ0n) is 16.4. The fourth-order valence-corrected chi connectivity index (χ4v) is 5.71. The second kappa shape index (κ2) is 9.07. The van der Waals surface area contributed by atoms with Crippen LogP contribution < -0.4 is 4.90 Å². The molecule has 0 unspecified atom stereocenters. The highest BCUT2D eigenvalue weighted by atomic mass is 32.2. The van der Waals surface area contributed by atoms with E-state index in [4.69, 9.17) is 0 Å². The van der Waals surface area contributed by atoms with Crippen LogP contribution in [0.4, 0.5) is 5.69 Å². The van der Waals surface area contributed by atoms with E-state index in [0.29, 0.717) is 6.54 Å². The highest BCUT2D eigenvalue weighted by molar-refractivity contribution is 7.91. The van der Waals surface area contributed by atoms with Crippen LogP contribution in [0.15, 0.2) is 46.0 Å². The molecule has 1 fully saturated rings. The lowest BCUT2D eigenvalue weighted by atomic mass is 10.1. The third-order valence-corrected chi connectivity index (χ3v) is 8.22. The van der Waals surface area contributed by atoms with Crippen molar-refractivity contribution in [1.82, 2.24) is 9.21 Å². The SMILES string of the molecule is CN(Cc1ccccc1N1CCCCC1)C(=O)CN(C)S(=O)(=O)c1cccs1. The number of carbonyl (C=O) groups excluding carboxylic acids is 1. The molecule has 1 amide bonds. The maximum absolute atomic E-state index is 12.7. The number of likely N-dealkylation sites (N-methyl/N-ethyl adjacent to an activating group) is 2. The molecule has 28 heavy (non-hydrogen) atoms. The Labute approximate surface area is 171 Å². The van der Waals surface area contributed by atoms with Crippen LogP contribution in [-0.4, -0.2) is 57.3 Å². The van der Waals surface area contributed by atoms with Crippen molar-refractivity contribution in [3.05, 3.63) is 47.3 Å². The largest absolute Gasteiger partial charge is 0.371 e. The number of anilines is 1. The van der Waals surface area contributed by atoms with Crippen molar-refractivity contribution in [2.45, 2.75) is 30.0 Å². The van der Waals surface area contributed by atoms with E-state index in [0.717, 1.165) is 34.3 Å². The summed E-state index contributed by atoms with van der Waals surface area (Å²) in [7, 11) is -0.456. The lowest BCUT2D eigenvalue weighted by Crippen LogP contribution is -2.39. The predicted octanol–water partition coefficient (Wildman–Crippen LogP) is 3.02. The first-order valence-corrected chi connectivity index (χ1v) is 11.8. The van der Waals surface area contributed by atoms with Gasteiger partial charge >= 0.3 is 0 Å². The summed E-state index contributed by atoms with van der Waals surface area (Å²) >= 11 is 1.15. The Balaban J connectivity index is 1.66. The van der Waals surface area contributed by atoms with Crippen molar-refractivity contribution in [2.75, 3.05) is 38.6 Å². The number of carbonyl (C=O) groups is 1. The molecule has 6 nitrogen and oxygen atoms in total. The molecule has 2 heterocycles. The minimum atomic E-state index is -3.63. The number of sulfonamides is 1. The Morgan fingerprint density at radius 1 is 1.07 bits per heavy atom. The molecule has 0 saturated carbocycles. The van der Waals surface area contributed by atoms with Gasteiger partial charge in [-0.05, 0) is 42.3 Å². The van der Waals surface area contributed by atoms with Gasteiger partial charge in [0.2, 0.25) is 5.91 Å². The Hall–Kier alpha value is -1.90. The Kier molecular flexibility index (Phi) is 6.74. The fraction of sp³-hybridized carbons (Fsp3) is 0.450. The first-order valence-electron chi connectivity index (χ1n) is 9.46. The quantitative estimate of drug-likeness (QED) is 0.690. The van der Waals surface area contributed by atoms with E-state index in [2.05, 4.69) is 11.0 Å². The van der Waals surface area contributed by atoms with E-state index in [1.807, 2.05) is 18.2 Å². The summed E-state index contributed by atoms with van der Waals surface area (Å²) < 4.78 is 26.4. The molecule has 3 rings (SSSR count). The van der Waals surface area contributed by atoms with Crippen LogP contribution >= 0.6 is 11.3 Å². The number of hydrogen-bond acceptors (Lipinski definition) is 5. The number of rotatable bonds is 7. The van der Waals surface area contributed by atoms with Gasteiger partial charge < -0.3 is 9.80 Å². The molecule has 2 aromatic rings. The molecule has 1 aliphatic rings. The molecular weight excluding hydrogens is 394 g/mol. The Morgan fingerprint density at radius 3 is 2.46 bits per heavy atom. The topological polar surface area (TPSA) is 60.9 Å². The summed E-state index contributed by atoms with van der Waals surface area (Å²) in [5.74, 6) is -0.226. The van der Waals surface area contributed by atoms with Gasteiger partial charge in [0.05, 0.1) is 6.54 Å². The molecule has 0 bridgehead atoms. The lowest BCUT2D eigenvalue weighted by molar-refractivity contribution is -0.130. The van der Waals surface area contributed by atoms with Crippen LogP contribution in [-0.2, 0) is 21.4 Å². The van der Waals surface area contributed by atoms with Crippen molar-refractivity contribution in [1.29, 1.82) is 0 Å². The van der Waals surface area contributed by atoms with Gasteiger partial charge in [0.15, 0.2) is 0 Å². The number of para-hydroxylation sites is 1. The minimum Gasteiger partial charge on any atom is -0.371 e. The third kappa shape index (κ3) is 4.74. The Bertz CT molecular complexity index is 891. The molecule has 0 aliphatic carbocycles. The summed E-state index contributed by atoms with van der Waals surface area (Å²) in [5, 5.41) is 1.71. The lowest BCUT2D eigenvalue weighted by Gasteiger charge is -2.31. The minimum absolute atomic E-state index is 0.178. The average molecular weight is 422 g/mol. The molecule has 1 aromatic heterocycles. The van der Waals surface area contributed by atoms with E-state index < -0.39 is 10.0 Å². The van der Waals surface area contributed by atoms with Gasteiger partial charge in [0.25, 0.3) is 10.0 Å². The van der Waals surface area contributed by atoms with Gasteiger partial charge in [-0.25, -0.2) is 8.42 Å². The van der Waals surface area contributed by atoms with Crippen LogP contribution in [0.25, 0.3) is 0 Å². The zero-order chi connectivity index (χ0) is 20.1. The van der Waals surface area contributed by atoms with Crippen molar-refractivity contribution in [3.63, 3.8) is 0 Å².